The van der Waals surface area contributed by atoms with Crippen LogP contribution >= 0.6 is 0 Å². The second-order valence-electron chi connectivity index (χ2n) is 8.15. The van der Waals surface area contributed by atoms with Gasteiger partial charge in [0, 0.05) is 47.5 Å². The van der Waals surface area contributed by atoms with Gasteiger partial charge in [0.2, 0.25) is 5.76 Å². The van der Waals surface area contributed by atoms with Gasteiger partial charge >= 0.3 is 0 Å². The Bertz CT molecular complexity index is 1400. The van der Waals surface area contributed by atoms with Gasteiger partial charge in [-0.05, 0) is 29.8 Å². The Hall–Kier alpha value is -4.69. The number of hydrogen-bond donors (Lipinski definition) is 2. The van der Waals surface area contributed by atoms with Gasteiger partial charge in [0.1, 0.15) is 17.1 Å². The van der Waals surface area contributed by atoms with Crippen LogP contribution in [0.1, 0.15) is 33.3 Å². The van der Waals surface area contributed by atoms with Gasteiger partial charge < -0.3 is 14.9 Å². The molecule has 0 aliphatic heterocycles. The molecule has 0 bridgehead atoms. The van der Waals surface area contributed by atoms with E-state index in [2.05, 4.69) is 20.4 Å². The van der Waals surface area contributed by atoms with Crippen LogP contribution in [0.3, 0.4) is 0 Å². The highest BCUT2D eigenvalue weighted by atomic mass is 19.1. The van der Waals surface area contributed by atoms with Crippen molar-refractivity contribution in [3.63, 3.8) is 0 Å². The molecule has 178 valence electrons. The minimum absolute atomic E-state index is 0.0410. The molecule has 0 spiro atoms. The lowest BCUT2D eigenvalue weighted by molar-refractivity contribution is 0.0323. The van der Waals surface area contributed by atoms with Gasteiger partial charge in [-0.3, -0.25) is 14.8 Å². The number of carbonyl (C=O) groups excluding carboxylic acids is 1. The summed E-state index contributed by atoms with van der Waals surface area (Å²) in [5.74, 6) is -1.09. The molecule has 2 aromatic carbocycles. The van der Waals surface area contributed by atoms with E-state index >= 15 is 0 Å². The van der Waals surface area contributed by atoms with Crippen molar-refractivity contribution >= 4 is 5.91 Å². The van der Waals surface area contributed by atoms with Crippen LogP contribution in [-0.4, -0.2) is 26.1 Å². The molecular formula is C28H21FN4O3. The lowest BCUT2D eigenvalue weighted by atomic mass is 9.78. The molecule has 8 heteroatoms. The monoisotopic (exact) mass is 480 g/mol. The Morgan fingerprint density at radius 2 is 1.53 bits per heavy atom. The van der Waals surface area contributed by atoms with Crippen molar-refractivity contribution in [2.75, 3.05) is 0 Å². The summed E-state index contributed by atoms with van der Waals surface area (Å²) in [4.78, 5) is 21.7. The zero-order valence-electron chi connectivity index (χ0n) is 19.0. The van der Waals surface area contributed by atoms with Crippen molar-refractivity contribution in [3.05, 3.63) is 138 Å². The number of nitrogens with one attached hydrogen (secondary N) is 1. The number of pyridine rings is 2. The van der Waals surface area contributed by atoms with Crippen LogP contribution in [0, 0.1) is 5.82 Å². The molecule has 0 saturated carbocycles. The SMILES string of the molecule is O=C(N[C@H](c1ccc(F)cc1)C(O)(c1cccnc1)c1cccnc1)c1cc(-c2ccccc2)no1. The first-order chi connectivity index (χ1) is 17.6. The molecule has 0 saturated heterocycles. The summed E-state index contributed by atoms with van der Waals surface area (Å²) in [6.07, 6.45) is 6.19. The molecule has 0 fully saturated rings. The van der Waals surface area contributed by atoms with E-state index in [1.165, 1.54) is 42.7 Å². The summed E-state index contributed by atoms with van der Waals surface area (Å²) >= 11 is 0. The van der Waals surface area contributed by atoms with Crippen molar-refractivity contribution < 1.29 is 18.8 Å². The predicted molar refractivity (Wildman–Crippen MR) is 130 cm³/mol. The van der Waals surface area contributed by atoms with Gasteiger partial charge in [-0.25, -0.2) is 4.39 Å². The molecule has 1 amide bonds. The first-order valence-electron chi connectivity index (χ1n) is 11.2. The molecule has 0 aliphatic carbocycles. The molecule has 0 aliphatic rings. The Kier molecular flexibility index (Phi) is 6.34. The number of aromatic nitrogens is 3. The van der Waals surface area contributed by atoms with E-state index in [1.54, 1.807) is 36.7 Å². The quantitative estimate of drug-likeness (QED) is 0.351. The third kappa shape index (κ3) is 4.49. The number of hydrogen-bond acceptors (Lipinski definition) is 6. The maximum absolute atomic E-state index is 13.8. The average Bonchev–Trinajstić information content (AvgIpc) is 3.44. The fourth-order valence-corrected chi connectivity index (χ4v) is 4.09. The van der Waals surface area contributed by atoms with Crippen LogP contribution in [0.15, 0.2) is 114 Å². The lowest BCUT2D eigenvalue weighted by Gasteiger charge is -2.37. The van der Waals surface area contributed by atoms with Crippen molar-refractivity contribution in [2.24, 2.45) is 0 Å². The Labute approximate surface area is 206 Å². The van der Waals surface area contributed by atoms with Crippen LogP contribution < -0.4 is 5.32 Å². The molecule has 5 aromatic rings. The summed E-state index contributed by atoms with van der Waals surface area (Å²) in [6.45, 7) is 0. The van der Waals surface area contributed by atoms with Gasteiger partial charge in [-0.1, -0.05) is 59.8 Å². The zero-order chi connectivity index (χ0) is 25.0. The third-order valence-corrected chi connectivity index (χ3v) is 5.90. The average molecular weight is 480 g/mol. The van der Waals surface area contributed by atoms with E-state index < -0.39 is 23.4 Å². The molecule has 7 nitrogen and oxygen atoms in total. The second kappa shape index (κ2) is 9.89. The number of carbonyl (C=O) groups is 1. The molecule has 5 rings (SSSR count). The van der Waals surface area contributed by atoms with E-state index in [0.717, 1.165) is 5.56 Å². The van der Waals surface area contributed by atoms with Crippen molar-refractivity contribution in [1.82, 2.24) is 20.4 Å². The van der Waals surface area contributed by atoms with Crippen LogP contribution in [0.25, 0.3) is 11.3 Å². The number of benzene rings is 2. The highest BCUT2D eigenvalue weighted by Gasteiger charge is 2.43. The fraction of sp³-hybridized carbons (Fsp3) is 0.0714. The summed E-state index contributed by atoms with van der Waals surface area (Å²) in [5.41, 5.74) is 0.762. The second-order valence-corrected chi connectivity index (χ2v) is 8.15. The van der Waals surface area contributed by atoms with Gasteiger partial charge in [0.25, 0.3) is 5.91 Å². The van der Waals surface area contributed by atoms with Crippen LogP contribution in [0.2, 0.25) is 0 Å². The maximum atomic E-state index is 13.8. The minimum Gasteiger partial charge on any atom is -0.378 e. The van der Waals surface area contributed by atoms with Crippen LogP contribution in [-0.2, 0) is 5.60 Å². The van der Waals surface area contributed by atoms with E-state index in [0.29, 0.717) is 22.4 Å². The number of aliphatic hydroxyl groups is 1. The zero-order valence-corrected chi connectivity index (χ0v) is 19.0. The largest absolute Gasteiger partial charge is 0.378 e. The molecule has 0 radical (unpaired) electrons. The summed E-state index contributed by atoms with van der Waals surface area (Å²) in [5, 5.41) is 19.2. The lowest BCUT2D eigenvalue weighted by Crippen LogP contribution is -2.45. The fourth-order valence-electron chi connectivity index (χ4n) is 4.09. The topological polar surface area (TPSA) is 101 Å². The molecule has 36 heavy (non-hydrogen) atoms. The first kappa shape index (κ1) is 23.1. The number of nitrogens with zero attached hydrogens (tertiary/aromatic N) is 3. The summed E-state index contributed by atoms with van der Waals surface area (Å²) in [6, 6.07) is 22.1. The molecule has 3 heterocycles. The number of rotatable bonds is 7. The van der Waals surface area contributed by atoms with E-state index in [-0.39, 0.29) is 5.76 Å². The number of halogens is 1. The highest BCUT2D eigenvalue weighted by Crippen LogP contribution is 2.41. The number of amides is 1. The molecule has 2 N–H and O–H groups in total. The first-order valence-corrected chi connectivity index (χ1v) is 11.2. The van der Waals surface area contributed by atoms with Crippen LogP contribution in [0.5, 0.6) is 0 Å². The third-order valence-electron chi connectivity index (χ3n) is 5.90. The Morgan fingerprint density at radius 3 is 2.11 bits per heavy atom. The van der Waals surface area contributed by atoms with Crippen molar-refractivity contribution in [1.29, 1.82) is 0 Å². The molecule has 1 atom stereocenters. The highest BCUT2D eigenvalue weighted by molar-refractivity contribution is 5.92. The van der Waals surface area contributed by atoms with Gasteiger partial charge in [-0.15, -0.1) is 0 Å². The Morgan fingerprint density at radius 1 is 0.889 bits per heavy atom. The molecular weight excluding hydrogens is 459 g/mol. The van der Waals surface area contributed by atoms with Gasteiger partial charge in [0.05, 0.1) is 6.04 Å². The smallest absolute Gasteiger partial charge is 0.290 e. The minimum atomic E-state index is -1.81. The normalized spacial score (nSPS) is 12.2. The van der Waals surface area contributed by atoms with Gasteiger partial charge in [0.15, 0.2) is 0 Å². The standard InChI is InChI=1S/C28H21FN4O3/c29-23-12-10-20(11-13-23)26(28(35,21-8-4-14-30-17-21)22-9-5-15-31-18-22)32-27(34)25-16-24(33-36-25)19-6-2-1-3-7-19/h1-18,26,35H,(H,32,34)/t26-/m1/s1. The molecule has 3 aromatic heterocycles. The summed E-state index contributed by atoms with van der Waals surface area (Å²) in [7, 11) is 0. The van der Waals surface area contributed by atoms with E-state index in [4.69, 9.17) is 4.52 Å². The van der Waals surface area contributed by atoms with Crippen molar-refractivity contribution in [2.45, 2.75) is 11.6 Å². The molecule has 0 unspecified atom stereocenters. The van der Waals surface area contributed by atoms with Crippen LogP contribution in [0.4, 0.5) is 4.39 Å². The van der Waals surface area contributed by atoms with Gasteiger partial charge in [-0.2, -0.15) is 0 Å². The van der Waals surface area contributed by atoms with E-state index in [1.807, 2.05) is 30.3 Å². The van der Waals surface area contributed by atoms with E-state index in [9.17, 15) is 14.3 Å². The predicted octanol–water partition coefficient (Wildman–Crippen LogP) is 4.68. The maximum Gasteiger partial charge on any atom is 0.290 e. The summed E-state index contributed by atoms with van der Waals surface area (Å²) < 4.78 is 19.1. The van der Waals surface area contributed by atoms with Crippen molar-refractivity contribution in [3.8, 4) is 11.3 Å². The Balaban J connectivity index is 1.59.